The quantitative estimate of drug-likeness (QED) is 0.465. The summed E-state index contributed by atoms with van der Waals surface area (Å²) in [5, 5.41) is 0. The van der Waals surface area contributed by atoms with Crippen molar-refractivity contribution < 1.29 is 13.0 Å². The van der Waals surface area contributed by atoms with Crippen LogP contribution in [0.2, 0.25) is 51.9 Å². The Kier molecular flexibility index (Phi) is 8.68. The lowest BCUT2D eigenvalue weighted by Crippen LogP contribution is -2.52. The zero-order valence-corrected chi connectivity index (χ0v) is 21.8. The van der Waals surface area contributed by atoms with Crippen molar-refractivity contribution >= 4 is 31.1 Å². The molecular weight excluding hydrogens is 386 g/mol. The van der Waals surface area contributed by atoms with Gasteiger partial charge in [0.05, 0.1) is 0 Å². The Bertz CT molecular complexity index is 586. The monoisotopic (exact) mass is 425 g/mol. The first kappa shape index (κ1) is 24.3. The number of hydrogen-bond donors (Lipinski definition) is 0. The van der Waals surface area contributed by atoms with Crippen molar-refractivity contribution in [3.63, 3.8) is 0 Å². The van der Waals surface area contributed by atoms with Crippen LogP contribution in [0.25, 0.3) is 0 Å². The van der Waals surface area contributed by atoms with Crippen molar-refractivity contribution in [2.75, 3.05) is 13.1 Å². The van der Waals surface area contributed by atoms with Gasteiger partial charge < -0.3 is 13.1 Å². The van der Waals surface area contributed by atoms with Gasteiger partial charge in [0.15, 0.2) is 16.6 Å². The molecule has 0 fully saturated rings. The van der Waals surface area contributed by atoms with Crippen LogP contribution in [0.4, 0.5) is 0 Å². The summed E-state index contributed by atoms with van der Waals surface area (Å²) in [7, 11) is -5.55. The van der Waals surface area contributed by atoms with E-state index < -0.39 is 25.2 Å². The van der Waals surface area contributed by atoms with Gasteiger partial charge in [0.25, 0.3) is 5.91 Å². The highest BCUT2D eigenvalue weighted by Crippen LogP contribution is 2.26. The zero-order chi connectivity index (χ0) is 20.9. The fourth-order valence-electron chi connectivity index (χ4n) is 3.30. The van der Waals surface area contributed by atoms with Crippen molar-refractivity contribution in [1.82, 2.24) is 4.90 Å². The van der Waals surface area contributed by atoms with E-state index in [4.69, 9.17) is 8.23 Å². The Hall–Kier alpha value is -0.739. The lowest BCUT2D eigenvalue weighted by molar-refractivity contribution is 0.0773. The first-order valence-electron chi connectivity index (χ1n) is 10.1. The van der Waals surface area contributed by atoms with E-state index in [2.05, 4.69) is 58.0 Å². The molecule has 0 atom stereocenters. The van der Waals surface area contributed by atoms with E-state index in [0.717, 1.165) is 31.1 Å². The molecule has 0 radical (unpaired) electrons. The highest BCUT2D eigenvalue weighted by molar-refractivity contribution is 6.87. The van der Waals surface area contributed by atoms with Gasteiger partial charge in [0.2, 0.25) is 0 Å². The summed E-state index contributed by atoms with van der Waals surface area (Å²) in [6.07, 6.45) is 0.928. The maximum absolute atomic E-state index is 12.5. The van der Waals surface area contributed by atoms with Crippen molar-refractivity contribution in [2.24, 2.45) is 0 Å². The molecule has 1 amide bonds. The van der Waals surface area contributed by atoms with E-state index in [0.29, 0.717) is 0 Å². The first-order chi connectivity index (χ1) is 12.3. The predicted octanol–water partition coefficient (Wildman–Crippen LogP) is 5.49. The standard InChI is InChI=1S/C20H39NO3Si3/c1-10-21(11-2)20(22)19-14-12-18(13-15-19)16-17-27(9,23-25(3,4)5)24-26(6,7)8/h12-15H,10-11,16-17H2,1-9H3. The molecule has 0 bridgehead atoms. The minimum atomic E-state index is -2.22. The summed E-state index contributed by atoms with van der Waals surface area (Å²) in [6.45, 7) is 21.1. The van der Waals surface area contributed by atoms with Crippen LogP contribution >= 0.6 is 0 Å². The Morgan fingerprint density at radius 3 is 1.67 bits per heavy atom. The molecule has 0 N–H and O–H groups in total. The van der Waals surface area contributed by atoms with Crippen LogP contribution in [0.1, 0.15) is 29.8 Å². The fraction of sp³-hybridized carbons (Fsp3) is 0.650. The number of benzene rings is 1. The normalized spacial score (nSPS) is 12.9. The van der Waals surface area contributed by atoms with Crippen LogP contribution in [-0.4, -0.2) is 49.1 Å². The molecule has 154 valence electrons. The number of carbonyl (C=O) groups is 1. The van der Waals surface area contributed by atoms with Crippen molar-refractivity contribution in [3.8, 4) is 0 Å². The summed E-state index contributed by atoms with van der Waals surface area (Å²) < 4.78 is 13.2. The van der Waals surface area contributed by atoms with Crippen LogP contribution in [-0.2, 0) is 14.7 Å². The van der Waals surface area contributed by atoms with E-state index in [1.165, 1.54) is 5.56 Å². The van der Waals surface area contributed by atoms with E-state index in [1.54, 1.807) is 0 Å². The minimum Gasteiger partial charge on any atom is -0.437 e. The van der Waals surface area contributed by atoms with Gasteiger partial charge in [-0.25, -0.2) is 0 Å². The molecule has 1 rings (SSSR count). The summed E-state index contributed by atoms with van der Waals surface area (Å²) in [4.78, 5) is 14.3. The summed E-state index contributed by atoms with van der Waals surface area (Å²) >= 11 is 0. The van der Waals surface area contributed by atoms with Gasteiger partial charge in [-0.1, -0.05) is 12.1 Å². The second-order valence-corrected chi connectivity index (χ2v) is 22.1. The highest BCUT2D eigenvalue weighted by Gasteiger charge is 2.39. The molecule has 0 spiro atoms. The summed E-state index contributed by atoms with van der Waals surface area (Å²) in [5.74, 6) is 0.106. The molecule has 0 saturated carbocycles. The number of aryl methyl sites for hydroxylation is 1. The average molecular weight is 426 g/mol. The van der Waals surface area contributed by atoms with Crippen LogP contribution in [0.3, 0.4) is 0 Å². The maximum Gasteiger partial charge on any atom is 0.314 e. The predicted molar refractivity (Wildman–Crippen MR) is 123 cm³/mol. The number of rotatable bonds is 10. The van der Waals surface area contributed by atoms with Gasteiger partial charge in [-0.3, -0.25) is 4.79 Å². The Morgan fingerprint density at radius 2 is 1.30 bits per heavy atom. The molecule has 0 aromatic heterocycles. The third kappa shape index (κ3) is 8.87. The Morgan fingerprint density at radius 1 is 0.852 bits per heavy atom. The summed E-state index contributed by atoms with van der Waals surface area (Å²) in [5.41, 5.74) is 2.00. The molecular formula is C20H39NO3Si3. The maximum atomic E-state index is 12.5. The number of nitrogens with zero attached hydrogens (tertiary/aromatic N) is 1. The van der Waals surface area contributed by atoms with Gasteiger partial charge in [0.1, 0.15) is 0 Å². The van der Waals surface area contributed by atoms with E-state index in [9.17, 15) is 4.79 Å². The van der Waals surface area contributed by atoms with Crippen LogP contribution in [0, 0.1) is 0 Å². The highest BCUT2D eigenvalue weighted by atomic mass is 28.5. The SMILES string of the molecule is CCN(CC)C(=O)c1ccc(CC[Si](C)(O[Si](C)(C)C)O[Si](C)(C)C)cc1. The lowest BCUT2D eigenvalue weighted by Gasteiger charge is -2.38. The number of amides is 1. The van der Waals surface area contributed by atoms with Crippen molar-refractivity contribution in [1.29, 1.82) is 0 Å². The van der Waals surface area contributed by atoms with Gasteiger partial charge in [0, 0.05) is 18.7 Å². The number of hydrogen-bond acceptors (Lipinski definition) is 3. The number of carbonyl (C=O) groups excluding carboxylic acids is 1. The molecule has 0 aliphatic rings. The molecule has 0 saturated heterocycles. The molecule has 0 heterocycles. The first-order valence-corrected chi connectivity index (χ1v) is 19.4. The largest absolute Gasteiger partial charge is 0.437 e. The van der Waals surface area contributed by atoms with Crippen LogP contribution < -0.4 is 0 Å². The van der Waals surface area contributed by atoms with E-state index in [1.807, 2.05) is 30.9 Å². The van der Waals surface area contributed by atoms with Gasteiger partial charge >= 0.3 is 8.56 Å². The third-order valence-electron chi connectivity index (χ3n) is 4.16. The van der Waals surface area contributed by atoms with Crippen LogP contribution in [0.5, 0.6) is 0 Å². The second-order valence-electron chi connectivity index (χ2n) is 9.24. The molecule has 0 unspecified atom stereocenters. The van der Waals surface area contributed by atoms with Crippen LogP contribution in [0.15, 0.2) is 24.3 Å². The fourth-order valence-corrected chi connectivity index (χ4v) is 15.8. The smallest absolute Gasteiger partial charge is 0.314 e. The molecule has 0 aliphatic heterocycles. The van der Waals surface area contributed by atoms with E-state index in [-0.39, 0.29) is 5.91 Å². The third-order valence-corrected chi connectivity index (χ3v) is 13.7. The van der Waals surface area contributed by atoms with Gasteiger partial charge in [-0.05, 0) is 89.8 Å². The lowest BCUT2D eigenvalue weighted by atomic mass is 10.1. The summed E-state index contributed by atoms with van der Waals surface area (Å²) in [6, 6.07) is 9.01. The molecule has 1 aromatic rings. The van der Waals surface area contributed by atoms with Gasteiger partial charge in [-0.15, -0.1) is 0 Å². The molecule has 4 nitrogen and oxygen atoms in total. The molecule has 1 aromatic carbocycles. The van der Waals surface area contributed by atoms with E-state index >= 15 is 0 Å². The molecule has 7 heteroatoms. The van der Waals surface area contributed by atoms with Gasteiger partial charge in [-0.2, -0.15) is 0 Å². The van der Waals surface area contributed by atoms with Crippen molar-refractivity contribution in [3.05, 3.63) is 35.4 Å². The topological polar surface area (TPSA) is 38.8 Å². The Labute approximate surface area is 169 Å². The molecule has 27 heavy (non-hydrogen) atoms. The average Bonchev–Trinajstić information content (AvgIpc) is 2.51. The van der Waals surface area contributed by atoms with Crippen molar-refractivity contribution in [2.45, 2.75) is 72.1 Å². The Balaban J connectivity index is 2.85. The molecule has 0 aliphatic carbocycles. The minimum absolute atomic E-state index is 0.106. The second kappa shape index (κ2) is 9.65. The zero-order valence-electron chi connectivity index (χ0n) is 18.8.